The number of aliphatic hydroxyl groups is 1. The van der Waals surface area contributed by atoms with Crippen LogP contribution in [0.4, 0.5) is 10.1 Å². The minimum Gasteiger partial charge on any atom is -0.507 e. The lowest BCUT2D eigenvalue weighted by molar-refractivity contribution is -0.132. The number of hydrogen-bond acceptors (Lipinski definition) is 4. The minimum absolute atomic E-state index is 0.0336. The second kappa shape index (κ2) is 9.61. The Hall–Kier alpha value is -3.93. The van der Waals surface area contributed by atoms with Crippen LogP contribution in [-0.4, -0.2) is 23.9 Å². The first kappa shape index (κ1) is 25.2. The average molecular weight is 488 g/mol. The third-order valence-corrected chi connectivity index (χ3v) is 6.57. The molecule has 0 aromatic heterocycles. The molecule has 1 aliphatic heterocycles. The number of aliphatic hydroxyl groups excluding tert-OH is 1. The van der Waals surface area contributed by atoms with Crippen molar-refractivity contribution in [3.05, 3.63) is 99.4 Å². The molecular weight excluding hydrogens is 457 g/mol. The zero-order valence-corrected chi connectivity index (χ0v) is 21.3. The number of ether oxygens (including phenoxy) is 1. The maximum absolute atomic E-state index is 13.8. The molecule has 0 bridgehead atoms. The van der Waals surface area contributed by atoms with Gasteiger partial charge in [-0.3, -0.25) is 14.5 Å². The zero-order valence-electron chi connectivity index (χ0n) is 21.3. The number of nitrogens with zero attached hydrogens (tertiary/aromatic N) is 1. The number of benzene rings is 3. The topological polar surface area (TPSA) is 66.8 Å². The highest BCUT2D eigenvalue weighted by Gasteiger charge is 2.47. The van der Waals surface area contributed by atoms with E-state index >= 15 is 0 Å². The van der Waals surface area contributed by atoms with Crippen molar-refractivity contribution in [1.29, 1.82) is 0 Å². The zero-order chi connectivity index (χ0) is 26.3. The Balaban J connectivity index is 2.00. The van der Waals surface area contributed by atoms with Crippen LogP contribution in [-0.2, 0) is 9.59 Å². The summed E-state index contributed by atoms with van der Waals surface area (Å²) in [6.07, 6.45) is 0. The van der Waals surface area contributed by atoms with E-state index in [2.05, 4.69) is 0 Å². The van der Waals surface area contributed by atoms with Crippen LogP contribution in [0.1, 0.15) is 59.2 Å². The molecule has 0 aliphatic carbocycles. The van der Waals surface area contributed by atoms with Crippen LogP contribution >= 0.6 is 0 Å². The lowest BCUT2D eigenvalue weighted by atomic mass is 9.91. The summed E-state index contributed by atoms with van der Waals surface area (Å²) in [5.74, 6) is -1.46. The number of amides is 1. The third-order valence-electron chi connectivity index (χ3n) is 6.57. The molecule has 0 radical (unpaired) electrons. The second-order valence-electron chi connectivity index (χ2n) is 9.63. The smallest absolute Gasteiger partial charge is 0.300 e. The molecule has 1 atom stereocenters. The molecule has 1 amide bonds. The van der Waals surface area contributed by atoms with Crippen LogP contribution in [0.3, 0.4) is 0 Å². The molecule has 4 rings (SSSR count). The predicted molar refractivity (Wildman–Crippen MR) is 139 cm³/mol. The number of aryl methyl sites for hydroxylation is 3. The molecular formula is C30H30FNO4. The molecule has 1 fully saturated rings. The average Bonchev–Trinajstić information content (AvgIpc) is 3.08. The van der Waals surface area contributed by atoms with Crippen molar-refractivity contribution < 1.29 is 23.8 Å². The van der Waals surface area contributed by atoms with E-state index in [1.807, 2.05) is 58.9 Å². The molecule has 0 spiro atoms. The van der Waals surface area contributed by atoms with Gasteiger partial charge in [0.25, 0.3) is 11.7 Å². The van der Waals surface area contributed by atoms with Gasteiger partial charge in [-0.05, 0) is 90.9 Å². The molecule has 1 aliphatic rings. The van der Waals surface area contributed by atoms with Gasteiger partial charge in [-0.2, -0.15) is 0 Å². The summed E-state index contributed by atoms with van der Waals surface area (Å²) in [4.78, 5) is 28.3. The van der Waals surface area contributed by atoms with Gasteiger partial charge >= 0.3 is 0 Å². The van der Waals surface area contributed by atoms with E-state index < -0.39 is 23.5 Å². The van der Waals surface area contributed by atoms with Gasteiger partial charge in [0.2, 0.25) is 0 Å². The molecule has 1 N–H and O–H groups in total. The van der Waals surface area contributed by atoms with Gasteiger partial charge in [0.15, 0.2) is 0 Å². The Morgan fingerprint density at radius 1 is 0.972 bits per heavy atom. The number of anilines is 1. The van der Waals surface area contributed by atoms with E-state index in [1.165, 1.54) is 29.2 Å². The first-order valence-electron chi connectivity index (χ1n) is 11.9. The molecule has 6 heteroatoms. The number of carbonyl (C=O) groups excluding carboxylic acids is 2. The van der Waals surface area contributed by atoms with Crippen molar-refractivity contribution in [3.8, 4) is 5.75 Å². The molecule has 3 aromatic carbocycles. The fraction of sp³-hybridized carbons (Fsp3) is 0.267. The quantitative estimate of drug-likeness (QED) is 0.253. The van der Waals surface area contributed by atoms with Gasteiger partial charge in [-0.15, -0.1) is 0 Å². The number of halogens is 1. The van der Waals surface area contributed by atoms with Crippen LogP contribution in [0, 0.1) is 26.6 Å². The minimum atomic E-state index is -0.921. The normalized spacial score (nSPS) is 17.2. The summed E-state index contributed by atoms with van der Waals surface area (Å²) in [6, 6.07) is 14.0. The van der Waals surface area contributed by atoms with Crippen molar-refractivity contribution in [2.75, 3.05) is 12.0 Å². The molecule has 3 aromatic rings. The van der Waals surface area contributed by atoms with E-state index in [0.29, 0.717) is 28.1 Å². The van der Waals surface area contributed by atoms with Gasteiger partial charge in [0.05, 0.1) is 18.7 Å². The van der Waals surface area contributed by atoms with Crippen molar-refractivity contribution >= 4 is 23.1 Å². The summed E-state index contributed by atoms with van der Waals surface area (Å²) in [6.45, 7) is 9.65. The van der Waals surface area contributed by atoms with Gasteiger partial charge in [-0.25, -0.2) is 4.39 Å². The highest BCUT2D eigenvalue weighted by atomic mass is 19.1. The summed E-state index contributed by atoms with van der Waals surface area (Å²) >= 11 is 0. The van der Waals surface area contributed by atoms with Gasteiger partial charge in [0, 0.05) is 11.3 Å². The van der Waals surface area contributed by atoms with E-state index in [9.17, 15) is 19.1 Å². The summed E-state index contributed by atoms with van der Waals surface area (Å²) in [5, 5.41) is 11.6. The Morgan fingerprint density at radius 3 is 2.14 bits per heavy atom. The van der Waals surface area contributed by atoms with Gasteiger partial charge in [0.1, 0.15) is 17.3 Å². The van der Waals surface area contributed by atoms with Crippen molar-refractivity contribution in [2.24, 2.45) is 0 Å². The van der Waals surface area contributed by atoms with Crippen LogP contribution in [0.5, 0.6) is 5.75 Å². The Kier molecular flexibility index (Phi) is 6.72. The molecule has 5 nitrogen and oxygen atoms in total. The number of methoxy groups -OCH3 is 1. The van der Waals surface area contributed by atoms with Crippen molar-refractivity contribution in [2.45, 2.75) is 46.6 Å². The van der Waals surface area contributed by atoms with Crippen molar-refractivity contribution in [3.63, 3.8) is 0 Å². The van der Waals surface area contributed by atoms with Gasteiger partial charge < -0.3 is 9.84 Å². The second-order valence-corrected chi connectivity index (χ2v) is 9.63. The summed E-state index contributed by atoms with van der Waals surface area (Å²) in [7, 11) is 1.59. The molecule has 0 saturated carbocycles. The highest BCUT2D eigenvalue weighted by molar-refractivity contribution is 6.51. The monoisotopic (exact) mass is 487 g/mol. The molecule has 186 valence electrons. The first-order valence-corrected chi connectivity index (χ1v) is 11.9. The molecule has 1 saturated heterocycles. The fourth-order valence-electron chi connectivity index (χ4n) is 4.88. The van der Waals surface area contributed by atoms with Gasteiger partial charge in [-0.1, -0.05) is 32.0 Å². The fourth-order valence-corrected chi connectivity index (χ4v) is 4.88. The molecule has 1 heterocycles. The van der Waals surface area contributed by atoms with Crippen LogP contribution in [0.25, 0.3) is 5.76 Å². The number of carbonyl (C=O) groups is 2. The summed E-state index contributed by atoms with van der Waals surface area (Å²) in [5.41, 5.74) is 4.90. The SMILES string of the molecule is COc1cc(C)c(/C(O)=C2\C(=O)C(=O)N(c3cc(C)cc(C)c3)C2c2ccc(F)cc2)cc1C(C)C. The standard InChI is InChI=1S/C30H30FNO4/c1-16(2)23-15-24(19(5)14-25(23)36-6)28(33)26-27(20-7-9-21(31)10-8-20)32(30(35)29(26)34)22-12-17(3)11-18(4)13-22/h7-16,27,33H,1-6H3/b28-26+. The molecule has 1 unspecified atom stereocenters. The van der Waals surface area contributed by atoms with Crippen molar-refractivity contribution in [1.82, 2.24) is 0 Å². The first-order chi connectivity index (χ1) is 17.0. The lowest BCUT2D eigenvalue weighted by Crippen LogP contribution is -2.29. The van der Waals surface area contributed by atoms with E-state index in [4.69, 9.17) is 4.74 Å². The third kappa shape index (κ3) is 4.39. The van der Waals surface area contributed by atoms with E-state index in [1.54, 1.807) is 13.2 Å². The van der Waals surface area contributed by atoms with E-state index in [-0.39, 0.29) is 17.3 Å². The highest BCUT2D eigenvalue weighted by Crippen LogP contribution is 2.43. The Labute approximate surface area is 210 Å². The largest absolute Gasteiger partial charge is 0.507 e. The van der Waals surface area contributed by atoms with Crippen LogP contribution < -0.4 is 9.64 Å². The predicted octanol–water partition coefficient (Wildman–Crippen LogP) is 6.51. The maximum atomic E-state index is 13.8. The number of rotatable bonds is 5. The summed E-state index contributed by atoms with van der Waals surface area (Å²) < 4.78 is 19.3. The number of Topliss-reactive ketones (excluding diaryl/α,β-unsaturated/α-hetero) is 1. The number of ketones is 1. The lowest BCUT2D eigenvalue weighted by Gasteiger charge is -2.26. The Morgan fingerprint density at radius 2 is 1.58 bits per heavy atom. The number of hydrogen-bond donors (Lipinski definition) is 1. The van der Waals surface area contributed by atoms with E-state index in [0.717, 1.165) is 16.7 Å². The molecule has 36 heavy (non-hydrogen) atoms. The maximum Gasteiger partial charge on any atom is 0.300 e. The van der Waals surface area contributed by atoms with Crippen LogP contribution in [0.15, 0.2) is 60.2 Å². The van der Waals surface area contributed by atoms with Crippen LogP contribution in [0.2, 0.25) is 0 Å². The Bertz CT molecular complexity index is 1370.